The van der Waals surface area contributed by atoms with Crippen LogP contribution in [0.5, 0.6) is 0 Å². The second-order valence-corrected chi connectivity index (χ2v) is 9.47. The molecule has 0 N–H and O–H groups in total. The molecule has 19 heavy (non-hydrogen) atoms. The van der Waals surface area contributed by atoms with Crippen LogP contribution in [0.15, 0.2) is 12.5 Å². The molecule has 0 aromatic rings. The quantitative estimate of drug-likeness (QED) is 0.312. The van der Waals surface area contributed by atoms with Gasteiger partial charge in [0.05, 0.1) is 6.61 Å². The molecule has 0 spiro atoms. The zero-order valence-corrected chi connectivity index (χ0v) is 14.6. The zero-order valence-electron chi connectivity index (χ0n) is 13.6. The first-order valence-corrected chi connectivity index (χ1v) is 10.7. The number of ether oxygens (including phenoxy) is 1. The van der Waals surface area contributed by atoms with Crippen LogP contribution in [0.1, 0.15) is 66.2 Å². The molecular weight excluding hydrogens is 252 g/mol. The SMILES string of the molecule is C=C(OCC)O[Si](CCCC)(CCCC)CCCC. The number of rotatable bonds is 13. The molecule has 0 aliphatic heterocycles. The van der Waals surface area contributed by atoms with Crippen LogP contribution in [0.2, 0.25) is 18.1 Å². The van der Waals surface area contributed by atoms with E-state index in [2.05, 4.69) is 27.4 Å². The van der Waals surface area contributed by atoms with Crippen LogP contribution in [0.4, 0.5) is 0 Å². The summed E-state index contributed by atoms with van der Waals surface area (Å²) in [6, 6.07) is 3.78. The molecular formula is C16H34O2Si. The molecule has 0 atom stereocenters. The number of hydrogen-bond acceptors (Lipinski definition) is 2. The van der Waals surface area contributed by atoms with Gasteiger partial charge in [-0.05, 0) is 31.6 Å². The standard InChI is InChI=1S/C16H34O2Si/c1-6-10-13-19(14-11-7-2,15-12-8-3)18-16(5)17-9-4/h5-15H2,1-4H3. The molecule has 0 aliphatic rings. The smallest absolute Gasteiger partial charge is 0.257 e. The van der Waals surface area contributed by atoms with Gasteiger partial charge in [-0.1, -0.05) is 59.3 Å². The highest BCUT2D eigenvalue weighted by Crippen LogP contribution is 2.31. The Morgan fingerprint density at radius 2 is 1.26 bits per heavy atom. The lowest BCUT2D eigenvalue weighted by Gasteiger charge is -2.32. The average molecular weight is 287 g/mol. The van der Waals surface area contributed by atoms with Gasteiger partial charge in [-0.15, -0.1) is 0 Å². The van der Waals surface area contributed by atoms with E-state index in [1.54, 1.807) is 0 Å². The largest absolute Gasteiger partial charge is 0.519 e. The Morgan fingerprint density at radius 3 is 1.58 bits per heavy atom. The van der Waals surface area contributed by atoms with E-state index in [1.165, 1.54) is 56.7 Å². The first-order valence-electron chi connectivity index (χ1n) is 8.14. The molecule has 2 nitrogen and oxygen atoms in total. The van der Waals surface area contributed by atoms with Crippen molar-refractivity contribution in [2.24, 2.45) is 0 Å². The van der Waals surface area contributed by atoms with Crippen LogP contribution in [0.3, 0.4) is 0 Å². The van der Waals surface area contributed by atoms with E-state index in [9.17, 15) is 0 Å². The van der Waals surface area contributed by atoms with Crippen LogP contribution < -0.4 is 0 Å². The maximum Gasteiger partial charge on any atom is 0.257 e. The van der Waals surface area contributed by atoms with Crippen molar-refractivity contribution >= 4 is 8.32 Å². The van der Waals surface area contributed by atoms with Crippen molar-refractivity contribution in [2.75, 3.05) is 6.61 Å². The molecule has 0 aromatic heterocycles. The normalized spacial score (nSPS) is 11.4. The first-order chi connectivity index (χ1) is 9.14. The van der Waals surface area contributed by atoms with Gasteiger partial charge in [0.25, 0.3) is 14.3 Å². The van der Waals surface area contributed by atoms with Crippen LogP contribution in [0, 0.1) is 0 Å². The van der Waals surface area contributed by atoms with Crippen LogP contribution in [-0.4, -0.2) is 14.9 Å². The number of hydrogen-bond donors (Lipinski definition) is 0. The average Bonchev–Trinajstić information content (AvgIpc) is 2.40. The lowest BCUT2D eigenvalue weighted by atomic mass is 10.4. The van der Waals surface area contributed by atoms with Crippen molar-refractivity contribution in [2.45, 2.75) is 84.4 Å². The van der Waals surface area contributed by atoms with Gasteiger partial charge in [0.15, 0.2) is 0 Å². The van der Waals surface area contributed by atoms with Crippen molar-refractivity contribution in [1.82, 2.24) is 0 Å². The van der Waals surface area contributed by atoms with Gasteiger partial charge < -0.3 is 9.16 Å². The van der Waals surface area contributed by atoms with Crippen molar-refractivity contribution in [1.29, 1.82) is 0 Å². The molecule has 0 amide bonds. The minimum atomic E-state index is -1.68. The Bertz CT molecular complexity index is 207. The summed E-state index contributed by atoms with van der Waals surface area (Å²) >= 11 is 0. The van der Waals surface area contributed by atoms with Gasteiger partial charge in [0.1, 0.15) is 0 Å². The Morgan fingerprint density at radius 1 is 0.842 bits per heavy atom. The molecule has 0 fully saturated rings. The predicted octanol–water partition coefficient (Wildman–Crippen LogP) is 5.86. The van der Waals surface area contributed by atoms with Gasteiger partial charge in [0, 0.05) is 0 Å². The molecule has 0 rings (SSSR count). The fourth-order valence-corrected chi connectivity index (χ4v) is 7.05. The zero-order chi connectivity index (χ0) is 14.6. The van der Waals surface area contributed by atoms with E-state index >= 15 is 0 Å². The van der Waals surface area contributed by atoms with E-state index in [-0.39, 0.29) is 0 Å². The molecule has 0 bridgehead atoms. The Kier molecular flexibility index (Phi) is 11.1. The van der Waals surface area contributed by atoms with Gasteiger partial charge in [-0.2, -0.15) is 0 Å². The molecule has 0 saturated heterocycles. The van der Waals surface area contributed by atoms with Gasteiger partial charge in [-0.25, -0.2) is 0 Å². The van der Waals surface area contributed by atoms with E-state index in [1.807, 2.05) is 6.92 Å². The number of unbranched alkanes of at least 4 members (excludes halogenated alkanes) is 3. The van der Waals surface area contributed by atoms with Crippen LogP contribution in [0.25, 0.3) is 0 Å². The summed E-state index contributed by atoms with van der Waals surface area (Å²) in [4.78, 5) is 0. The van der Waals surface area contributed by atoms with Gasteiger partial charge in [-0.3, -0.25) is 0 Å². The molecule has 0 saturated carbocycles. The second-order valence-electron chi connectivity index (χ2n) is 5.40. The van der Waals surface area contributed by atoms with E-state index in [4.69, 9.17) is 9.16 Å². The van der Waals surface area contributed by atoms with Crippen LogP contribution >= 0.6 is 0 Å². The molecule has 0 radical (unpaired) electrons. The summed E-state index contributed by atoms with van der Waals surface area (Å²) in [5.74, 6) is 0.567. The Balaban J connectivity index is 4.70. The summed E-state index contributed by atoms with van der Waals surface area (Å²) < 4.78 is 11.8. The van der Waals surface area contributed by atoms with Gasteiger partial charge in [0.2, 0.25) is 0 Å². The minimum absolute atomic E-state index is 0.567. The molecule has 0 aliphatic carbocycles. The first kappa shape index (κ1) is 18.6. The highest BCUT2D eigenvalue weighted by atomic mass is 28.4. The third kappa shape index (κ3) is 8.35. The maximum absolute atomic E-state index is 6.31. The molecule has 3 heteroatoms. The topological polar surface area (TPSA) is 18.5 Å². The summed E-state index contributed by atoms with van der Waals surface area (Å²) in [7, 11) is -1.68. The monoisotopic (exact) mass is 286 g/mol. The maximum atomic E-state index is 6.31. The highest BCUT2D eigenvalue weighted by Gasteiger charge is 2.35. The second kappa shape index (κ2) is 11.4. The fourth-order valence-electron chi connectivity index (χ4n) is 2.46. The Labute approximate surface area is 121 Å². The van der Waals surface area contributed by atoms with E-state index in [0.29, 0.717) is 12.6 Å². The summed E-state index contributed by atoms with van der Waals surface area (Å²) in [5, 5.41) is 0. The molecule has 0 unspecified atom stereocenters. The highest BCUT2D eigenvalue weighted by molar-refractivity contribution is 6.74. The molecule has 0 aromatic carbocycles. The summed E-state index contributed by atoms with van der Waals surface area (Å²) in [5.41, 5.74) is 0. The fraction of sp³-hybridized carbons (Fsp3) is 0.875. The molecule has 0 heterocycles. The summed E-state index contributed by atoms with van der Waals surface area (Å²) in [6.07, 6.45) is 7.57. The Hall–Kier alpha value is -0.443. The minimum Gasteiger partial charge on any atom is -0.519 e. The van der Waals surface area contributed by atoms with Gasteiger partial charge >= 0.3 is 0 Å². The lowest BCUT2D eigenvalue weighted by molar-refractivity contribution is 0.110. The predicted molar refractivity (Wildman–Crippen MR) is 86.8 cm³/mol. The van der Waals surface area contributed by atoms with Crippen LogP contribution in [-0.2, 0) is 9.16 Å². The van der Waals surface area contributed by atoms with E-state index in [0.717, 1.165) is 0 Å². The lowest BCUT2D eigenvalue weighted by Crippen LogP contribution is -2.38. The third-order valence-electron chi connectivity index (χ3n) is 3.59. The van der Waals surface area contributed by atoms with E-state index < -0.39 is 8.32 Å². The summed E-state index contributed by atoms with van der Waals surface area (Å²) in [6.45, 7) is 13.4. The van der Waals surface area contributed by atoms with Crippen molar-refractivity contribution in [3.8, 4) is 0 Å². The third-order valence-corrected chi connectivity index (χ3v) is 8.05. The van der Waals surface area contributed by atoms with Crippen molar-refractivity contribution in [3.05, 3.63) is 12.5 Å². The molecule has 114 valence electrons. The van der Waals surface area contributed by atoms with Crippen molar-refractivity contribution < 1.29 is 9.16 Å². The van der Waals surface area contributed by atoms with Crippen molar-refractivity contribution in [3.63, 3.8) is 0 Å².